The lowest BCUT2D eigenvalue weighted by atomic mass is 10.00. The number of nitrogens with zero attached hydrogens (tertiary/aromatic N) is 6. The molecule has 0 radical (unpaired) electrons. The Morgan fingerprint density at radius 2 is 2.00 bits per heavy atom. The van der Waals surface area contributed by atoms with Gasteiger partial charge in [-0.3, -0.25) is 4.79 Å². The number of fused-ring (bicyclic) bond motifs is 2. The highest BCUT2D eigenvalue weighted by Crippen LogP contribution is 2.35. The van der Waals surface area contributed by atoms with E-state index in [-0.39, 0.29) is 11.9 Å². The van der Waals surface area contributed by atoms with Crippen molar-refractivity contribution < 1.29 is 9.53 Å². The molecule has 4 aromatic rings. The molecular formula is C30H33N7O2. The van der Waals surface area contributed by atoms with Gasteiger partial charge in [-0.25, -0.2) is 14.6 Å². The van der Waals surface area contributed by atoms with Gasteiger partial charge in [-0.05, 0) is 61.1 Å². The largest absolute Gasteiger partial charge is 0.497 e. The molecular weight excluding hydrogens is 490 g/mol. The zero-order valence-electron chi connectivity index (χ0n) is 22.2. The van der Waals surface area contributed by atoms with Gasteiger partial charge in [0.05, 0.1) is 18.5 Å². The Morgan fingerprint density at radius 1 is 1.15 bits per heavy atom. The first kappa shape index (κ1) is 24.9. The lowest BCUT2D eigenvalue weighted by Gasteiger charge is -2.32. The third-order valence-electron chi connectivity index (χ3n) is 7.85. The predicted molar refractivity (Wildman–Crippen MR) is 153 cm³/mol. The number of carbonyl (C=O) groups excluding carboxylic acids is 1. The average molecular weight is 524 g/mol. The number of piperidine rings is 1. The van der Waals surface area contributed by atoms with E-state index < -0.39 is 0 Å². The first-order valence-electron chi connectivity index (χ1n) is 13.5. The molecule has 4 heterocycles. The molecule has 0 spiro atoms. The Kier molecular flexibility index (Phi) is 6.64. The maximum absolute atomic E-state index is 12.3. The quantitative estimate of drug-likeness (QED) is 0.374. The average Bonchev–Trinajstić information content (AvgIpc) is 3.38. The Labute approximate surface area is 227 Å². The van der Waals surface area contributed by atoms with E-state index in [4.69, 9.17) is 15.6 Å². The zero-order valence-corrected chi connectivity index (χ0v) is 22.2. The summed E-state index contributed by atoms with van der Waals surface area (Å²) in [5, 5.41) is 5.75. The van der Waals surface area contributed by atoms with Crippen LogP contribution in [0, 0.1) is 0 Å². The van der Waals surface area contributed by atoms with E-state index in [2.05, 4.69) is 57.8 Å². The normalized spacial score (nSPS) is 17.2. The number of aromatic nitrogens is 4. The van der Waals surface area contributed by atoms with E-state index >= 15 is 0 Å². The van der Waals surface area contributed by atoms with Crippen LogP contribution in [0.5, 0.6) is 5.75 Å². The smallest absolute Gasteiger partial charge is 0.246 e. The van der Waals surface area contributed by atoms with Crippen LogP contribution < -0.4 is 15.4 Å². The van der Waals surface area contributed by atoms with Crippen LogP contribution in [-0.4, -0.2) is 57.3 Å². The molecule has 1 saturated heterocycles. The molecule has 2 aliphatic rings. The summed E-state index contributed by atoms with van der Waals surface area (Å²) in [5.74, 6) is 1.25. The molecule has 2 aliphatic heterocycles. The molecule has 200 valence electrons. The van der Waals surface area contributed by atoms with Gasteiger partial charge >= 0.3 is 0 Å². The van der Waals surface area contributed by atoms with Gasteiger partial charge in [0.15, 0.2) is 5.65 Å². The lowest BCUT2D eigenvalue weighted by Crippen LogP contribution is -2.40. The monoisotopic (exact) mass is 523 g/mol. The molecule has 9 heteroatoms. The summed E-state index contributed by atoms with van der Waals surface area (Å²) in [4.78, 5) is 25.3. The fraction of sp³-hybridized carbons (Fsp3) is 0.333. The van der Waals surface area contributed by atoms with E-state index in [9.17, 15) is 4.79 Å². The molecule has 9 nitrogen and oxygen atoms in total. The number of benzene rings is 2. The fourth-order valence-electron chi connectivity index (χ4n) is 5.87. The van der Waals surface area contributed by atoms with Crippen LogP contribution in [-0.2, 0) is 17.8 Å². The van der Waals surface area contributed by atoms with Crippen LogP contribution in [0.15, 0.2) is 61.4 Å². The third-order valence-corrected chi connectivity index (χ3v) is 7.85. The summed E-state index contributed by atoms with van der Waals surface area (Å²) < 4.78 is 7.35. The fourth-order valence-corrected chi connectivity index (χ4v) is 5.87. The van der Waals surface area contributed by atoms with Crippen LogP contribution >= 0.6 is 0 Å². The number of hydrogen-bond acceptors (Lipinski definition) is 7. The number of nitrogens with two attached hydrogens (primary N) is 1. The van der Waals surface area contributed by atoms with Gasteiger partial charge in [0, 0.05) is 37.4 Å². The van der Waals surface area contributed by atoms with Crippen molar-refractivity contribution in [1.29, 1.82) is 0 Å². The summed E-state index contributed by atoms with van der Waals surface area (Å²) in [5.41, 5.74) is 12.6. The second-order valence-electron chi connectivity index (χ2n) is 10.3. The first-order valence-corrected chi connectivity index (χ1v) is 13.5. The maximum Gasteiger partial charge on any atom is 0.246 e. The van der Waals surface area contributed by atoms with Crippen molar-refractivity contribution in [3.05, 3.63) is 72.6 Å². The second-order valence-corrected chi connectivity index (χ2v) is 10.3. The Morgan fingerprint density at radius 3 is 2.79 bits per heavy atom. The molecule has 2 N–H and O–H groups in total. The van der Waals surface area contributed by atoms with Crippen LogP contribution in [0.2, 0.25) is 0 Å². The van der Waals surface area contributed by atoms with Gasteiger partial charge in [0.2, 0.25) is 5.91 Å². The second kappa shape index (κ2) is 10.4. The van der Waals surface area contributed by atoms with Gasteiger partial charge < -0.3 is 20.3 Å². The van der Waals surface area contributed by atoms with Crippen molar-refractivity contribution in [3.8, 4) is 17.0 Å². The molecule has 0 aliphatic carbocycles. The minimum atomic E-state index is -0.0587. The van der Waals surface area contributed by atoms with Crippen LogP contribution in [0.3, 0.4) is 0 Å². The summed E-state index contributed by atoms with van der Waals surface area (Å²) in [6, 6.07) is 14.9. The van der Waals surface area contributed by atoms with Crippen LogP contribution in [0.1, 0.15) is 36.4 Å². The number of rotatable bonds is 6. The van der Waals surface area contributed by atoms with Crippen LogP contribution in [0.4, 0.5) is 11.5 Å². The molecule has 0 bridgehead atoms. The lowest BCUT2D eigenvalue weighted by molar-refractivity contribution is -0.127. The highest BCUT2D eigenvalue weighted by molar-refractivity contribution is 5.98. The third kappa shape index (κ3) is 4.69. The van der Waals surface area contributed by atoms with Gasteiger partial charge in [0.25, 0.3) is 0 Å². The molecule has 1 atom stereocenters. The van der Waals surface area contributed by atoms with E-state index in [1.54, 1.807) is 7.11 Å². The minimum Gasteiger partial charge on any atom is -0.497 e. The van der Waals surface area contributed by atoms with Gasteiger partial charge in [-0.1, -0.05) is 30.8 Å². The molecule has 1 unspecified atom stereocenters. The van der Waals surface area contributed by atoms with Crippen molar-refractivity contribution in [2.75, 3.05) is 37.4 Å². The number of aryl methyl sites for hydroxylation is 1. The van der Waals surface area contributed by atoms with E-state index in [0.717, 1.165) is 67.7 Å². The van der Waals surface area contributed by atoms with E-state index in [1.165, 1.54) is 29.2 Å². The van der Waals surface area contributed by atoms with Crippen molar-refractivity contribution in [3.63, 3.8) is 0 Å². The molecule has 6 rings (SSSR count). The van der Waals surface area contributed by atoms with Gasteiger partial charge in [-0.2, -0.15) is 5.10 Å². The molecule has 39 heavy (non-hydrogen) atoms. The summed E-state index contributed by atoms with van der Waals surface area (Å²) >= 11 is 0. The minimum absolute atomic E-state index is 0.00488. The zero-order chi connectivity index (χ0) is 26.9. The SMILES string of the molecule is C=CC(=O)N1CCCC(n2nc(-c3ccc(CN4CCCc5cc(OC)ccc54)cc3)c3c(N)ncnc32)C1. The summed E-state index contributed by atoms with van der Waals surface area (Å²) in [7, 11) is 1.71. The number of nitrogen functional groups attached to an aromatic ring is 1. The molecule has 2 aromatic heterocycles. The molecule has 1 fully saturated rings. The number of anilines is 2. The summed E-state index contributed by atoms with van der Waals surface area (Å²) in [6.45, 7) is 6.78. The molecule has 2 aromatic carbocycles. The number of likely N-dealkylation sites (tertiary alicyclic amines) is 1. The highest BCUT2D eigenvalue weighted by atomic mass is 16.5. The van der Waals surface area contributed by atoms with Crippen molar-refractivity contribution in [2.45, 2.75) is 38.3 Å². The topological polar surface area (TPSA) is 102 Å². The van der Waals surface area contributed by atoms with E-state index in [0.29, 0.717) is 18.0 Å². The Balaban J connectivity index is 1.29. The number of hydrogen-bond donors (Lipinski definition) is 1. The van der Waals surface area contributed by atoms with E-state index in [1.807, 2.05) is 15.6 Å². The van der Waals surface area contributed by atoms with Gasteiger partial charge in [0.1, 0.15) is 23.6 Å². The van der Waals surface area contributed by atoms with Crippen molar-refractivity contribution in [1.82, 2.24) is 24.6 Å². The highest BCUT2D eigenvalue weighted by Gasteiger charge is 2.28. The first-order chi connectivity index (χ1) is 19.1. The predicted octanol–water partition coefficient (Wildman–Crippen LogP) is 4.39. The molecule has 0 saturated carbocycles. The molecule has 1 amide bonds. The van der Waals surface area contributed by atoms with Crippen LogP contribution in [0.25, 0.3) is 22.3 Å². The Bertz CT molecular complexity index is 1530. The Hall–Kier alpha value is -4.40. The number of methoxy groups -OCH3 is 1. The van der Waals surface area contributed by atoms with Crippen molar-refractivity contribution in [2.24, 2.45) is 0 Å². The maximum atomic E-state index is 12.3. The van der Waals surface area contributed by atoms with Crippen molar-refractivity contribution >= 4 is 28.4 Å². The number of amides is 1. The number of carbonyl (C=O) groups is 1. The number of ether oxygens (including phenoxy) is 1. The standard InChI is InChI=1S/C30H33N7O2/c1-3-26(38)36-15-5-7-23(18-36)37-30-27(29(31)32-19-33-30)28(34-37)21-10-8-20(9-11-21)17-35-14-4-6-22-16-24(39-2)12-13-25(22)35/h3,8-13,16,19,23H,1,4-7,14-15,17-18H2,2H3,(H2,31,32,33). The van der Waals surface area contributed by atoms with Gasteiger partial charge in [-0.15, -0.1) is 0 Å². The summed E-state index contributed by atoms with van der Waals surface area (Å²) in [6.07, 6.45) is 6.84.